The highest BCUT2D eigenvalue weighted by atomic mass is 16.5. The molecule has 0 saturated heterocycles. The molecule has 1 amide bonds. The number of nitrogens with one attached hydrogen (secondary N) is 1. The number of carbonyl (C=O) groups is 1. The van der Waals surface area contributed by atoms with Crippen molar-refractivity contribution in [3.8, 4) is 0 Å². The molecule has 1 aliphatic heterocycles. The zero-order valence-electron chi connectivity index (χ0n) is 16.1. The first-order valence-corrected chi connectivity index (χ1v) is 9.84. The van der Waals surface area contributed by atoms with E-state index in [9.17, 15) is 9.90 Å². The van der Waals surface area contributed by atoms with Gasteiger partial charge >= 0.3 is 0 Å². The van der Waals surface area contributed by atoms with E-state index in [2.05, 4.69) is 30.4 Å². The lowest BCUT2D eigenvalue weighted by atomic mass is 9.85. The molecule has 0 radical (unpaired) electrons. The summed E-state index contributed by atoms with van der Waals surface area (Å²) in [6.07, 6.45) is 5.89. The maximum atomic E-state index is 12.9. The molecule has 5 nitrogen and oxygen atoms in total. The Hall–Kier alpha value is -1.43. The SMILES string of the molecule is COCC1c2c(C)cccc2CCN1C(=O)CNCC1(O)CCCCC1. The van der Waals surface area contributed by atoms with Gasteiger partial charge in [-0.15, -0.1) is 0 Å². The van der Waals surface area contributed by atoms with E-state index < -0.39 is 5.60 Å². The predicted molar refractivity (Wildman–Crippen MR) is 102 cm³/mol. The first-order valence-electron chi connectivity index (χ1n) is 9.84. The van der Waals surface area contributed by atoms with Crippen molar-refractivity contribution in [2.75, 3.05) is 33.4 Å². The van der Waals surface area contributed by atoms with Gasteiger partial charge in [0.15, 0.2) is 0 Å². The third-order valence-electron chi connectivity index (χ3n) is 5.91. The van der Waals surface area contributed by atoms with Crippen LogP contribution in [-0.4, -0.2) is 54.9 Å². The number of hydrogen-bond donors (Lipinski definition) is 2. The number of nitrogens with zero attached hydrogens (tertiary/aromatic N) is 1. The summed E-state index contributed by atoms with van der Waals surface area (Å²) in [6, 6.07) is 6.31. The summed E-state index contributed by atoms with van der Waals surface area (Å²) in [6.45, 7) is 4.09. The second kappa shape index (κ2) is 8.51. The van der Waals surface area contributed by atoms with Gasteiger partial charge in [-0.05, 0) is 42.9 Å². The van der Waals surface area contributed by atoms with E-state index in [0.29, 0.717) is 13.2 Å². The Labute approximate surface area is 156 Å². The molecule has 1 heterocycles. The van der Waals surface area contributed by atoms with Crippen molar-refractivity contribution in [2.45, 2.75) is 57.1 Å². The van der Waals surface area contributed by atoms with E-state index in [0.717, 1.165) is 38.6 Å². The van der Waals surface area contributed by atoms with E-state index in [1.807, 2.05) is 4.90 Å². The molecule has 1 aromatic carbocycles. The molecule has 2 N–H and O–H groups in total. The van der Waals surface area contributed by atoms with Crippen LogP contribution in [0.25, 0.3) is 0 Å². The minimum Gasteiger partial charge on any atom is -0.389 e. The minimum atomic E-state index is -0.643. The molecule has 1 atom stereocenters. The van der Waals surface area contributed by atoms with Gasteiger partial charge in [-0.2, -0.15) is 0 Å². The quantitative estimate of drug-likeness (QED) is 0.817. The molecule has 3 rings (SSSR count). The second-order valence-corrected chi connectivity index (χ2v) is 7.84. The number of rotatable bonds is 6. The van der Waals surface area contributed by atoms with E-state index in [1.54, 1.807) is 7.11 Å². The number of amides is 1. The maximum absolute atomic E-state index is 12.9. The lowest BCUT2D eigenvalue weighted by Gasteiger charge is -2.38. The molecule has 144 valence electrons. The average molecular weight is 360 g/mol. The van der Waals surface area contributed by atoms with Gasteiger partial charge in [-0.3, -0.25) is 4.79 Å². The summed E-state index contributed by atoms with van der Waals surface area (Å²) in [5, 5.41) is 13.8. The molecule has 1 aromatic rings. The van der Waals surface area contributed by atoms with Gasteiger partial charge in [-0.1, -0.05) is 37.5 Å². The molecule has 1 aliphatic carbocycles. The third kappa shape index (κ3) is 4.27. The van der Waals surface area contributed by atoms with Gasteiger partial charge in [-0.25, -0.2) is 0 Å². The van der Waals surface area contributed by atoms with Crippen molar-refractivity contribution in [3.63, 3.8) is 0 Å². The zero-order chi connectivity index (χ0) is 18.6. The molecule has 1 saturated carbocycles. The largest absolute Gasteiger partial charge is 0.389 e. The van der Waals surface area contributed by atoms with Crippen LogP contribution in [0.15, 0.2) is 18.2 Å². The van der Waals surface area contributed by atoms with Crippen LogP contribution in [0, 0.1) is 6.92 Å². The first-order chi connectivity index (χ1) is 12.5. The topological polar surface area (TPSA) is 61.8 Å². The van der Waals surface area contributed by atoms with Gasteiger partial charge in [0, 0.05) is 20.2 Å². The fourth-order valence-electron chi connectivity index (χ4n) is 4.51. The van der Waals surface area contributed by atoms with Crippen LogP contribution in [-0.2, 0) is 16.0 Å². The normalized spacial score (nSPS) is 22.1. The Bertz CT molecular complexity index is 626. The van der Waals surface area contributed by atoms with Crippen molar-refractivity contribution in [1.29, 1.82) is 0 Å². The molecule has 0 bridgehead atoms. The molecule has 0 aromatic heterocycles. The summed E-state index contributed by atoms with van der Waals surface area (Å²) in [7, 11) is 1.69. The second-order valence-electron chi connectivity index (χ2n) is 7.84. The van der Waals surface area contributed by atoms with Crippen LogP contribution in [0.2, 0.25) is 0 Å². The van der Waals surface area contributed by atoms with Crippen LogP contribution < -0.4 is 5.32 Å². The zero-order valence-corrected chi connectivity index (χ0v) is 16.1. The van der Waals surface area contributed by atoms with E-state index >= 15 is 0 Å². The van der Waals surface area contributed by atoms with Gasteiger partial charge in [0.1, 0.15) is 0 Å². The van der Waals surface area contributed by atoms with Crippen molar-refractivity contribution in [3.05, 3.63) is 34.9 Å². The van der Waals surface area contributed by atoms with Crippen molar-refractivity contribution in [1.82, 2.24) is 10.2 Å². The molecule has 0 spiro atoms. The Balaban J connectivity index is 1.63. The summed E-state index contributed by atoms with van der Waals surface area (Å²) < 4.78 is 5.43. The lowest BCUT2D eigenvalue weighted by Crippen LogP contribution is -2.49. The molecule has 2 aliphatic rings. The van der Waals surface area contributed by atoms with E-state index in [4.69, 9.17) is 4.74 Å². The summed E-state index contributed by atoms with van der Waals surface area (Å²) in [4.78, 5) is 14.8. The van der Waals surface area contributed by atoms with Gasteiger partial charge in [0.05, 0.1) is 24.8 Å². The standard InChI is InChI=1S/C21H32N2O3/c1-16-7-6-8-17-9-12-23(18(14-26-2)20(16)17)19(24)13-22-15-21(25)10-4-3-5-11-21/h6-8,18,22,25H,3-5,9-15H2,1-2H3. The Morgan fingerprint density at radius 1 is 1.35 bits per heavy atom. The van der Waals surface area contributed by atoms with Crippen molar-refractivity contribution >= 4 is 5.91 Å². The van der Waals surface area contributed by atoms with Crippen LogP contribution in [0.1, 0.15) is 54.8 Å². The number of hydrogen-bond acceptors (Lipinski definition) is 4. The number of carbonyl (C=O) groups excluding carboxylic acids is 1. The van der Waals surface area contributed by atoms with Gasteiger partial charge in [0.25, 0.3) is 0 Å². The van der Waals surface area contributed by atoms with Crippen LogP contribution in [0.5, 0.6) is 0 Å². The highest BCUT2D eigenvalue weighted by molar-refractivity contribution is 5.79. The first kappa shape index (κ1) is 19.3. The number of methoxy groups -OCH3 is 1. The fraction of sp³-hybridized carbons (Fsp3) is 0.667. The molecule has 1 fully saturated rings. The maximum Gasteiger partial charge on any atom is 0.237 e. The summed E-state index contributed by atoms with van der Waals surface area (Å²) >= 11 is 0. The number of benzene rings is 1. The predicted octanol–water partition coefficient (Wildman–Crippen LogP) is 2.35. The van der Waals surface area contributed by atoms with Gasteiger partial charge in [0.2, 0.25) is 5.91 Å². The number of aryl methyl sites for hydroxylation is 1. The molecular weight excluding hydrogens is 328 g/mol. The van der Waals surface area contributed by atoms with Crippen molar-refractivity contribution < 1.29 is 14.6 Å². The number of ether oxygens (including phenoxy) is 1. The Morgan fingerprint density at radius 3 is 2.85 bits per heavy atom. The van der Waals surface area contributed by atoms with Crippen LogP contribution in [0.3, 0.4) is 0 Å². The molecule has 1 unspecified atom stereocenters. The Kier molecular flexibility index (Phi) is 6.33. The van der Waals surface area contributed by atoms with Crippen LogP contribution >= 0.6 is 0 Å². The van der Waals surface area contributed by atoms with Crippen LogP contribution in [0.4, 0.5) is 0 Å². The van der Waals surface area contributed by atoms with E-state index in [1.165, 1.54) is 23.1 Å². The highest BCUT2D eigenvalue weighted by Crippen LogP contribution is 2.32. The smallest absolute Gasteiger partial charge is 0.237 e. The molecule has 26 heavy (non-hydrogen) atoms. The minimum absolute atomic E-state index is 0.0305. The van der Waals surface area contributed by atoms with E-state index in [-0.39, 0.29) is 18.5 Å². The lowest BCUT2D eigenvalue weighted by molar-refractivity contribution is -0.134. The Morgan fingerprint density at radius 2 is 2.12 bits per heavy atom. The van der Waals surface area contributed by atoms with Crippen molar-refractivity contribution in [2.24, 2.45) is 0 Å². The summed E-state index contributed by atoms with van der Waals surface area (Å²) in [5.74, 6) is 0.0837. The number of aliphatic hydroxyl groups is 1. The highest BCUT2D eigenvalue weighted by Gasteiger charge is 2.33. The third-order valence-corrected chi connectivity index (χ3v) is 5.91. The number of fused-ring (bicyclic) bond motifs is 1. The molecule has 5 heteroatoms. The fourth-order valence-corrected chi connectivity index (χ4v) is 4.51. The summed E-state index contributed by atoms with van der Waals surface area (Å²) in [5.41, 5.74) is 3.13. The average Bonchev–Trinajstić information content (AvgIpc) is 2.62. The van der Waals surface area contributed by atoms with Gasteiger partial charge < -0.3 is 20.1 Å². The monoisotopic (exact) mass is 360 g/mol. The molecular formula is C21H32N2O3.